The number of amides is 3. The molecule has 0 radical (unpaired) electrons. The van der Waals surface area contributed by atoms with Crippen molar-refractivity contribution in [3.8, 4) is 0 Å². The van der Waals surface area contributed by atoms with Crippen molar-refractivity contribution < 1.29 is 23.2 Å². The van der Waals surface area contributed by atoms with Crippen LogP contribution in [0.2, 0.25) is 0 Å². The zero-order chi connectivity index (χ0) is 28.5. The summed E-state index contributed by atoms with van der Waals surface area (Å²) in [5, 5.41) is 7.91. The molecule has 6 nitrogen and oxygen atoms in total. The van der Waals surface area contributed by atoms with Crippen LogP contribution in [0.5, 0.6) is 0 Å². The SMILES string of the molecule is O=C(CSc1cccc(NC(=O)/C(=C/c2ccc(F)cc2)NC(=O)c2ccccc2)c1)Nc1ccc(Br)cc1F. The Balaban J connectivity index is 1.44. The van der Waals surface area contributed by atoms with Crippen LogP contribution in [0.4, 0.5) is 20.2 Å². The fourth-order valence-corrected chi connectivity index (χ4v) is 4.54. The van der Waals surface area contributed by atoms with Gasteiger partial charge in [0.1, 0.15) is 17.3 Å². The van der Waals surface area contributed by atoms with Gasteiger partial charge in [0.2, 0.25) is 5.91 Å². The second kappa shape index (κ2) is 13.7. The number of benzene rings is 4. The zero-order valence-electron chi connectivity index (χ0n) is 20.8. The van der Waals surface area contributed by atoms with E-state index in [9.17, 15) is 23.2 Å². The van der Waals surface area contributed by atoms with E-state index >= 15 is 0 Å². The zero-order valence-corrected chi connectivity index (χ0v) is 23.2. The summed E-state index contributed by atoms with van der Waals surface area (Å²) in [6.45, 7) is 0. The van der Waals surface area contributed by atoms with Gasteiger partial charge in [-0.2, -0.15) is 0 Å². The van der Waals surface area contributed by atoms with E-state index < -0.39 is 29.4 Å². The second-order valence-electron chi connectivity index (χ2n) is 8.37. The lowest BCUT2D eigenvalue weighted by Crippen LogP contribution is -2.30. The monoisotopic (exact) mass is 621 g/mol. The molecule has 3 N–H and O–H groups in total. The molecule has 10 heteroatoms. The standard InChI is InChI=1S/C30H22BrF2N3O3S/c31-21-11-14-26(25(33)16-21)35-28(37)18-40-24-8-4-7-23(17-24)34-30(39)27(15-19-9-12-22(32)13-10-19)36-29(38)20-5-2-1-3-6-20/h1-17H,18H2,(H,34,39)(H,35,37)(H,36,38)/b27-15-. The second-order valence-corrected chi connectivity index (χ2v) is 10.3. The van der Waals surface area contributed by atoms with E-state index in [1.54, 1.807) is 60.7 Å². The van der Waals surface area contributed by atoms with Crippen LogP contribution in [-0.2, 0) is 9.59 Å². The topological polar surface area (TPSA) is 87.3 Å². The van der Waals surface area contributed by atoms with Gasteiger partial charge in [-0.05, 0) is 72.3 Å². The van der Waals surface area contributed by atoms with Crippen LogP contribution in [0.1, 0.15) is 15.9 Å². The largest absolute Gasteiger partial charge is 0.323 e. The van der Waals surface area contributed by atoms with Crippen molar-refractivity contribution >= 4 is 62.9 Å². The maximum absolute atomic E-state index is 14.0. The number of rotatable bonds is 9. The molecule has 4 aromatic rings. The third kappa shape index (κ3) is 8.36. The van der Waals surface area contributed by atoms with Crippen molar-refractivity contribution in [3.63, 3.8) is 0 Å². The maximum atomic E-state index is 14.0. The summed E-state index contributed by atoms with van der Waals surface area (Å²) < 4.78 is 27.9. The highest BCUT2D eigenvalue weighted by Crippen LogP contribution is 2.24. The molecular formula is C30H22BrF2N3O3S. The number of anilines is 2. The smallest absolute Gasteiger partial charge is 0.272 e. The fourth-order valence-electron chi connectivity index (χ4n) is 3.46. The van der Waals surface area contributed by atoms with Gasteiger partial charge >= 0.3 is 0 Å². The van der Waals surface area contributed by atoms with E-state index in [1.165, 1.54) is 54.2 Å². The van der Waals surface area contributed by atoms with Gasteiger partial charge in [-0.15, -0.1) is 11.8 Å². The lowest BCUT2D eigenvalue weighted by Gasteiger charge is -2.12. The number of halogens is 3. The average Bonchev–Trinajstić information content (AvgIpc) is 2.95. The number of hydrogen-bond acceptors (Lipinski definition) is 4. The predicted molar refractivity (Wildman–Crippen MR) is 157 cm³/mol. The van der Waals surface area contributed by atoms with Gasteiger partial charge in [0, 0.05) is 20.6 Å². The lowest BCUT2D eigenvalue weighted by molar-refractivity contribution is -0.114. The van der Waals surface area contributed by atoms with E-state index in [0.29, 0.717) is 26.2 Å². The Kier molecular flexibility index (Phi) is 9.82. The molecule has 0 saturated heterocycles. The first-order valence-corrected chi connectivity index (χ1v) is 13.7. The van der Waals surface area contributed by atoms with Crippen LogP contribution in [0, 0.1) is 11.6 Å². The Labute approximate surface area is 242 Å². The molecule has 0 aliphatic carbocycles. The number of carbonyl (C=O) groups is 3. The van der Waals surface area contributed by atoms with E-state index in [0.717, 1.165) is 0 Å². The molecule has 0 fully saturated rings. The molecule has 4 rings (SSSR count). The Morgan fingerprint density at radius 2 is 1.57 bits per heavy atom. The first-order chi connectivity index (χ1) is 19.3. The molecule has 0 aliphatic rings. The van der Waals surface area contributed by atoms with Crippen LogP contribution in [-0.4, -0.2) is 23.5 Å². The lowest BCUT2D eigenvalue weighted by atomic mass is 10.1. The van der Waals surface area contributed by atoms with E-state index in [2.05, 4.69) is 31.9 Å². The number of nitrogens with one attached hydrogen (secondary N) is 3. The molecule has 0 bridgehead atoms. The third-order valence-corrected chi connectivity index (χ3v) is 6.86. The Hall–Kier alpha value is -4.28. The van der Waals surface area contributed by atoms with Crippen molar-refractivity contribution in [1.29, 1.82) is 0 Å². The van der Waals surface area contributed by atoms with Gasteiger partial charge in [0.25, 0.3) is 11.8 Å². The van der Waals surface area contributed by atoms with Crippen molar-refractivity contribution in [1.82, 2.24) is 5.32 Å². The summed E-state index contributed by atoms with van der Waals surface area (Å²) in [6.07, 6.45) is 1.44. The minimum Gasteiger partial charge on any atom is -0.323 e. The third-order valence-electron chi connectivity index (χ3n) is 5.38. The summed E-state index contributed by atoms with van der Waals surface area (Å²) in [5.41, 5.74) is 1.33. The minimum absolute atomic E-state index is 0.00968. The highest BCUT2D eigenvalue weighted by Gasteiger charge is 2.16. The summed E-state index contributed by atoms with van der Waals surface area (Å²) in [4.78, 5) is 39.0. The van der Waals surface area contributed by atoms with Crippen molar-refractivity contribution in [2.75, 3.05) is 16.4 Å². The number of thioether (sulfide) groups is 1. The van der Waals surface area contributed by atoms with Crippen molar-refractivity contribution in [2.45, 2.75) is 4.90 Å². The highest BCUT2D eigenvalue weighted by atomic mass is 79.9. The molecule has 4 aromatic carbocycles. The van der Waals surface area contributed by atoms with E-state index in [4.69, 9.17) is 0 Å². The Bertz CT molecular complexity index is 1560. The summed E-state index contributed by atoms with van der Waals surface area (Å²) in [6, 6.07) is 25.0. The molecule has 0 aromatic heterocycles. The van der Waals surface area contributed by atoms with Crippen LogP contribution in [0.15, 0.2) is 112 Å². The van der Waals surface area contributed by atoms with Gasteiger partial charge in [-0.25, -0.2) is 8.78 Å². The maximum Gasteiger partial charge on any atom is 0.272 e. The summed E-state index contributed by atoms with van der Waals surface area (Å²) in [5.74, 6) is -2.45. The molecule has 0 heterocycles. The molecule has 0 atom stereocenters. The fraction of sp³-hybridized carbons (Fsp3) is 0.0333. The molecule has 202 valence electrons. The summed E-state index contributed by atoms with van der Waals surface area (Å²) >= 11 is 4.38. The highest BCUT2D eigenvalue weighted by molar-refractivity contribution is 9.10. The normalized spacial score (nSPS) is 11.0. The molecule has 0 aliphatic heterocycles. The average molecular weight is 622 g/mol. The summed E-state index contributed by atoms with van der Waals surface area (Å²) in [7, 11) is 0. The van der Waals surface area contributed by atoms with Crippen molar-refractivity contribution in [2.24, 2.45) is 0 Å². The predicted octanol–water partition coefficient (Wildman–Crippen LogP) is 6.87. The molecule has 0 saturated carbocycles. The Morgan fingerprint density at radius 1 is 0.825 bits per heavy atom. The van der Waals surface area contributed by atoms with Gasteiger partial charge in [0.05, 0.1) is 11.4 Å². The molecule has 40 heavy (non-hydrogen) atoms. The van der Waals surface area contributed by atoms with Gasteiger partial charge < -0.3 is 16.0 Å². The molecule has 0 spiro atoms. The molecule has 3 amide bonds. The first kappa shape index (κ1) is 28.7. The van der Waals surface area contributed by atoms with Crippen molar-refractivity contribution in [3.05, 3.63) is 130 Å². The van der Waals surface area contributed by atoms with Gasteiger partial charge in [-0.1, -0.05) is 52.3 Å². The van der Waals surface area contributed by atoms with E-state index in [-0.39, 0.29) is 17.1 Å². The van der Waals surface area contributed by atoms with Gasteiger partial charge in [0.15, 0.2) is 0 Å². The molecule has 0 unspecified atom stereocenters. The number of carbonyl (C=O) groups excluding carboxylic acids is 3. The molecular weight excluding hydrogens is 600 g/mol. The quantitative estimate of drug-likeness (QED) is 0.141. The van der Waals surface area contributed by atoms with Crippen LogP contribution < -0.4 is 16.0 Å². The van der Waals surface area contributed by atoms with Crippen LogP contribution >= 0.6 is 27.7 Å². The van der Waals surface area contributed by atoms with Crippen LogP contribution in [0.25, 0.3) is 6.08 Å². The van der Waals surface area contributed by atoms with Gasteiger partial charge in [-0.3, -0.25) is 14.4 Å². The minimum atomic E-state index is -0.598. The van der Waals surface area contributed by atoms with E-state index in [1.807, 2.05) is 0 Å². The van der Waals surface area contributed by atoms with Crippen LogP contribution in [0.3, 0.4) is 0 Å². The Morgan fingerprint density at radius 3 is 2.30 bits per heavy atom. The number of hydrogen-bond donors (Lipinski definition) is 3. The first-order valence-electron chi connectivity index (χ1n) is 11.9.